The van der Waals surface area contributed by atoms with Crippen LogP contribution in [0.2, 0.25) is 0 Å². The number of carboxylic acid groups (broad SMARTS) is 1. The van der Waals surface area contributed by atoms with Crippen LogP contribution in [0, 0.1) is 34.9 Å². The molecule has 4 unspecified atom stereocenters. The lowest BCUT2D eigenvalue weighted by Gasteiger charge is -2.20. The number of aromatic nitrogens is 6. The Morgan fingerprint density at radius 1 is 0.565 bits per heavy atom. The maximum atomic E-state index is 14.3. The van der Waals surface area contributed by atoms with Crippen LogP contribution < -0.4 is 11.5 Å². The van der Waals surface area contributed by atoms with Gasteiger partial charge in [0, 0.05) is 94.7 Å². The fourth-order valence-corrected chi connectivity index (χ4v) is 13.5. The van der Waals surface area contributed by atoms with Crippen molar-refractivity contribution in [2.75, 3.05) is 0 Å². The molecule has 434 valence electrons. The van der Waals surface area contributed by atoms with E-state index in [0.29, 0.717) is 56.4 Å². The highest BCUT2D eigenvalue weighted by Crippen LogP contribution is 2.55. The molecule has 6 atom stereocenters. The number of halogens is 6. The van der Waals surface area contributed by atoms with E-state index in [1.165, 1.54) is 65.6 Å². The third-order valence-corrected chi connectivity index (χ3v) is 16.8. The fraction of sp³-hybridized carbons (Fsp3) is 0.281. The zero-order chi connectivity index (χ0) is 60.0. The quantitative estimate of drug-likeness (QED) is 0.0479. The predicted octanol–water partition coefficient (Wildman–Crippen LogP) is 11.1. The Bertz CT molecular complexity index is 3990. The molecular weight excluding hydrogens is 1110 g/mol. The minimum Gasteiger partial charge on any atom is -0.476 e. The summed E-state index contributed by atoms with van der Waals surface area (Å²) in [6, 6.07) is 20.8. The van der Waals surface area contributed by atoms with Gasteiger partial charge in [-0.2, -0.15) is 10.2 Å². The molecule has 0 spiro atoms. The topological polar surface area (TPSA) is 236 Å². The van der Waals surface area contributed by atoms with Crippen LogP contribution in [-0.4, -0.2) is 70.3 Å². The molecule has 2 amide bonds. The molecule has 2 saturated carbocycles. The molecule has 85 heavy (non-hydrogen) atoms. The van der Waals surface area contributed by atoms with Crippen LogP contribution in [0.1, 0.15) is 174 Å². The van der Waals surface area contributed by atoms with Crippen LogP contribution in [0.25, 0.3) is 22.3 Å². The van der Waals surface area contributed by atoms with Crippen LogP contribution in [0.4, 0.5) is 26.3 Å². The molecule has 4 heterocycles. The van der Waals surface area contributed by atoms with Gasteiger partial charge in [0.25, 0.3) is 11.8 Å². The largest absolute Gasteiger partial charge is 0.476 e. The summed E-state index contributed by atoms with van der Waals surface area (Å²) in [6.45, 7) is -0.227. The molecule has 0 saturated heterocycles. The average Bonchev–Trinajstić information content (AvgIpc) is 1.66. The number of carboxylic acids is 1. The molecule has 4 aliphatic carbocycles. The molecule has 8 aromatic rings. The first-order valence-electron chi connectivity index (χ1n) is 27.7. The number of pyridine rings is 2. The molecule has 21 heteroatoms. The standard InChI is InChI=1S/C32H27F3N4O4.C32H27F3N4O3/c33-21-9-16(10-22(34)14-21)8-20(28-24(2-1-7-37-28)17-5-6-26(35)25(13-17)31(36)41)12-23(40)15-39-30-19-4-3-18(11-19)27(30)29(38-39)32(42)43;33-22-9-17(10-23(34)14-22)8-21(30-25(2-1-7-37-30)18-5-6-27(35)26(13-18)32(36)42)12-24(41)15-39-31-20-4-3-19(11-20)29(31)28(16-40)38-39/h1-2,5-7,9-10,13-14,18-20H,3-4,8,11-12,15H2,(H2,36,41)(H,42,43);1-2,5-7,9-10,13-14,16,19-21H,3-4,8,11-12,15H2,(H2,36,42)/t18?,19?,20-;19?,20?,21-/m11/s1. The molecule has 4 bridgehead atoms. The lowest BCUT2D eigenvalue weighted by molar-refractivity contribution is -0.121. The van der Waals surface area contributed by atoms with E-state index in [1.807, 2.05) is 0 Å². The number of benzene rings is 4. The number of carbonyl (C=O) groups excluding carboxylic acids is 5. The Balaban J connectivity index is 0.000000177. The van der Waals surface area contributed by atoms with Gasteiger partial charge in [0.05, 0.1) is 35.6 Å². The maximum Gasteiger partial charge on any atom is 0.356 e. The fourth-order valence-electron chi connectivity index (χ4n) is 13.5. The number of nitrogens with zero attached hydrogens (tertiary/aromatic N) is 6. The number of amides is 2. The first-order chi connectivity index (χ1) is 40.8. The summed E-state index contributed by atoms with van der Waals surface area (Å²) >= 11 is 0. The van der Waals surface area contributed by atoms with E-state index in [0.717, 1.165) is 91.6 Å². The number of primary amides is 2. The van der Waals surface area contributed by atoms with Gasteiger partial charge in [-0.1, -0.05) is 24.3 Å². The minimum absolute atomic E-state index is 0.0182. The highest BCUT2D eigenvalue weighted by atomic mass is 19.2. The van der Waals surface area contributed by atoms with E-state index in [-0.39, 0.29) is 84.9 Å². The third-order valence-electron chi connectivity index (χ3n) is 16.8. The van der Waals surface area contributed by atoms with Crippen LogP contribution in [0.15, 0.2) is 109 Å². The van der Waals surface area contributed by atoms with Crippen molar-refractivity contribution >= 4 is 35.6 Å². The van der Waals surface area contributed by atoms with Crippen molar-refractivity contribution in [1.82, 2.24) is 29.5 Å². The normalized spacial score (nSPS) is 17.6. The second kappa shape index (κ2) is 23.7. The second-order valence-electron chi connectivity index (χ2n) is 22.3. The van der Waals surface area contributed by atoms with E-state index < -0.39 is 64.5 Å². The SMILES string of the molecule is NC(=O)c1cc(-c2cccnc2[C@@H](CC(=O)Cn2nc(C(=O)O)c3c2C2CCC3C2)Cc2cc(F)cc(F)c2)ccc1F.NC(=O)c1cc(-c2cccnc2[C@@H](CC(=O)Cn2nc(C=O)c3c2C2CCC3C2)Cc2cc(F)cc(F)c2)ccc1F. The number of ketones is 2. The second-order valence-corrected chi connectivity index (χ2v) is 22.3. The van der Waals surface area contributed by atoms with Crippen LogP contribution in [0.3, 0.4) is 0 Å². The first kappa shape index (κ1) is 57.4. The van der Waals surface area contributed by atoms with E-state index in [2.05, 4.69) is 20.2 Å². The zero-order valence-corrected chi connectivity index (χ0v) is 45.4. The predicted molar refractivity (Wildman–Crippen MR) is 297 cm³/mol. The molecule has 4 aromatic carbocycles. The summed E-state index contributed by atoms with van der Waals surface area (Å²) in [6.07, 6.45) is 9.35. The maximum absolute atomic E-state index is 14.3. The summed E-state index contributed by atoms with van der Waals surface area (Å²) in [5.74, 6) is -8.56. The summed E-state index contributed by atoms with van der Waals surface area (Å²) in [5.41, 5.74) is 17.3. The van der Waals surface area contributed by atoms with Crippen molar-refractivity contribution in [3.05, 3.63) is 212 Å². The number of hydrogen-bond donors (Lipinski definition) is 3. The van der Waals surface area contributed by atoms with E-state index in [9.17, 15) is 60.2 Å². The molecule has 12 rings (SSSR count). The molecule has 4 aliphatic rings. The van der Waals surface area contributed by atoms with E-state index in [1.54, 1.807) is 28.9 Å². The number of hydrogen-bond acceptors (Lipinski definition) is 10. The molecular formula is C64H54F6N8O7. The number of aromatic carboxylic acids is 1. The monoisotopic (exact) mass is 1160 g/mol. The average molecular weight is 1160 g/mol. The van der Waals surface area contributed by atoms with Gasteiger partial charge in [0.2, 0.25) is 0 Å². The summed E-state index contributed by atoms with van der Waals surface area (Å²) in [5, 5.41) is 18.5. The third kappa shape index (κ3) is 11.8. The van der Waals surface area contributed by atoms with Gasteiger partial charge in [-0.25, -0.2) is 31.1 Å². The van der Waals surface area contributed by atoms with Gasteiger partial charge in [-0.15, -0.1) is 0 Å². The van der Waals surface area contributed by atoms with E-state index in [4.69, 9.17) is 11.5 Å². The summed E-state index contributed by atoms with van der Waals surface area (Å²) < 4.78 is 88.2. The van der Waals surface area contributed by atoms with Crippen LogP contribution in [0.5, 0.6) is 0 Å². The van der Waals surface area contributed by atoms with Crippen molar-refractivity contribution in [3.63, 3.8) is 0 Å². The molecule has 4 aromatic heterocycles. The summed E-state index contributed by atoms with van der Waals surface area (Å²) in [7, 11) is 0. The van der Waals surface area contributed by atoms with Crippen LogP contribution >= 0.6 is 0 Å². The smallest absolute Gasteiger partial charge is 0.356 e. The number of nitrogens with two attached hydrogens (primary N) is 2. The van der Waals surface area contributed by atoms with Gasteiger partial charge in [0.15, 0.2) is 23.5 Å². The van der Waals surface area contributed by atoms with Gasteiger partial charge in [-0.3, -0.25) is 43.3 Å². The number of rotatable bonds is 20. The lowest BCUT2D eigenvalue weighted by atomic mass is 9.86. The van der Waals surface area contributed by atoms with Gasteiger partial charge >= 0.3 is 5.97 Å². The molecule has 5 N–H and O–H groups in total. The van der Waals surface area contributed by atoms with E-state index >= 15 is 0 Å². The molecule has 15 nitrogen and oxygen atoms in total. The zero-order valence-electron chi connectivity index (χ0n) is 45.4. The molecule has 0 aliphatic heterocycles. The van der Waals surface area contributed by atoms with Crippen molar-refractivity contribution in [1.29, 1.82) is 0 Å². The Kier molecular flexibility index (Phi) is 16.0. The van der Waals surface area contributed by atoms with Crippen molar-refractivity contribution in [2.24, 2.45) is 11.5 Å². The van der Waals surface area contributed by atoms with Crippen LogP contribution in [-0.2, 0) is 35.5 Å². The summed E-state index contributed by atoms with van der Waals surface area (Å²) in [4.78, 5) is 83.7. The Morgan fingerprint density at radius 3 is 1.42 bits per heavy atom. The first-order valence-corrected chi connectivity index (χ1v) is 27.7. The Labute approximate surface area is 482 Å². The van der Waals surface area contributed by atoms with Crippen molar-refractivity contribution < 1.29 is 60.2 Å². The number of aldehydes is 1. The molecule has 0 radical (unpaired) electrons. The number of Topliss-reactive ketones (excluding diaryl/α,β-unsaturated/α-hetero) is 2. The highest BCUT2D eigenvalue weighted by molar-refractivity contribution is 5.95. The van der Waals surface area contributed by atoms with Gasteiger partial charge in [0.1, 0.15) is 40.6 Å². The van der Waals surface area contributed by atoms with Gasteiger partial charge in [-0.05, 0) is 146 Å². The highest BCUT2D eigenvalue weighted by Gasteiger charge is 2.45. The number of fused-ring (bicyclic) bond motifs is 10. The Morgan fingerprint density at radius 2 is 0.988 bits per heavy atom. The Hall–Kier alpha value is -9.40. The van der Waals surface area contributed by atoms with Crippen molar-refractivity contribution in [3.8, 4) is 22.3 Å². The lowest BCUT2D eigenvalue weighted by Crippen LogP contribution is -2.19. The molecule has 2 fully saturated rings. The minimum atomic E-state index is -1.13. The number of carbonyl (C=O) groups is 6. The van der Waals surface area contributed by atoms with Crippen molar-refractivity contribution in [2.45, 2.75) is 113 Å². The van der Waals surface area contributed by atoms with Gasteiger partial charge < -0.3 is 16.6 Å².